The molecule has 1 aromatic heterocycles. The number of para-hydroxylation sites is 2. The highest BCUT2D eigenvalue weighted by atomic mass is 15.1. The summed E-state index contributed by atoms with van der Waals surface area (Å²) in [5, 5.41) is 3.50. The Balaban J connectivity index is 1.91. The number of aromatic nitrogens is 2. The van der Waals surface area contributed by atoms with Crippen molar-refractivity contribution in [3.8, 4) is 0 Å². The minimum Gasteiger partial charge on any atom is -0.366 e. The molecule has 1 fully saturated rings. The summed E-state index contributed by atoms with van der Waals surface area (Å²) in [4.78, 5) is 9.23. The Labute approximate surface area is 101 Å². The highest BCUT2D eigenvalue weighted by Gasteiger charge is 2.35. The second-order valence-corrected chi connectivity index (χ2v) is 4.80. The molecule has 0 bridgehead atoms. The van der Waals surface area contributed by atoms with Crippen LogP contribution in [0.25, 0.3) is 11.0 Å². The Morgan fingerprint density at radius 3 is 2.59 bits per heavy atom. The number of anilines is 1. The van der Waals surface area contributed by atoms with E-state index in [9.17, 15) is 0 Å². The Hall–Kier alpha value is -1.64. The fourth-order valence-corrected chi connectivity index (χ4v) is 2.28. The topological polar surface area (TPSA) is 37.8 Å². The third-order valence-electron chi connectivity index (χ3n) is 3.51. The molecule has 0 saturated heterocycles. The van der Waals surface area contributed by atoms with Gasteiger partial charge in [0.1, 0.15) is 5.82 Å². The normalized spacial score (nSPS) is 22.7. The van der Waals surface area contributed by atoms with Crippen LogP contribution < -0.4 is 5.32 Å². The van der Waals surface area contributed by atoms with Crippen LogP contribution in [0.2, 0.25) is 0 Å². The van der Waals surface area contributed by atoms with Crippen molar-refractivity contribution in [2.75, 3.05) is 5.32 Å². The van der Waals surface area contributed by atoms with Crippen molar-refractivity contribution in [1.82, 2.24) is 9.97 Å². The number of rotatable bonds is 3. The van der Waals surface area contributed by atoms with Crippen LogP contribution in [-0.4, -0.2) is 16.0 Å². The quantitative estimate of drug-likeness (QED) is 0.875. The molecule has 17 heavy (non-hydrogen) atoms. The first-order valence-corrected chi connectivity index (χ1v) is 6.28. The molecule has 1 aliphatic rings. The molecule has 1 aromatic carbocycles. The van der Waals surface area contributed by atoms with Crippen molar-refractivity contribution in [2.45, 2.75) is 32.7 Å². The van der Waals surface area contributed by atoms with Crippen LogP contribution in [0.1, 0.15) is 25.5 Å². The summed E-state index contributed by atoms with van der Waals surface area (Å²) in [7, 11) is 0. The molecule has 1 N–H and O–H groups in total. The maximum absolute atomic E-state index is 4.65. The van der Waals surface area contributed by atoms with E-state index in [1.165, 1.54) is 12.8 Å². The molecular formula is C14H17N3. The third kappa shape index (κ3) is 1.97. The molecule has 1 aliphatic carbocycles. The monoisotopic (exact) mass is 227 g/mol. The lowest BCUT2D eigenvalue weighted by Crippen LogP contribution is -2.08. The average molecular weight is 227 g/mol. The van der Waals surface area contributed by atoms with Gasteiger partial charge in [-0.25, -0.2) is 9.97 Å². The molecule has 1 heterocycles. The predicted octanol–water partition coefficient (Wildman–Crippen LogP) is 3.15. The van der Waals surface area contributed by atoms with E-state index < -0.39 is 0 Å². The molecular weight excluding hydrogens is 210 g/mol. The van der Waals surface area contributed by atoms with Gasteiger partial charge in [-0.05, 0) is 31.4 Å². The van der Waals surface area contributed by atoms with Gasteiger partial charge in [-0.1, -0.05) is 25.5 Å². The van der Waals surface area contributed by atoms with Crippen LogP contribution in [0.15, 0.2) is 24.3 Å². The summed E-state index contributed by atoms with van der Waals surface area (Å²) in [6.45, 7) is 4.26. The number of hydrogen-bond donors (Lipinski definition) is 1. The summed E-state index contributed by atoms with van der Waals surface area (Å²) in [6, 6.07) is 8.62. The summed E-state index contributed by atoms with van der Waals surface area (Å²) < 4.78 is 0. The Kier molecular flexibility index (Phi) is 2.46. The zero-order valence-corrected chi connectivity index (χ0v) is 10.3. The molecule has 1 saturated carbocycles. The maximum atomic E-state index is 4.65. The van der Waals surface area contributed by atoms with E-state index in [0.29, 0.717) is 6.04 Å². The number of aryl methyl sites for hydroxylation is 1. The van der Waals surface area contributed by atoms with E-state index in [2.05, 4.69) is 22.2 Å². The Morgan fingerprint density at radius 1 is 1.24 bits per heavy atom. The van der Waals surface area contributed by atoms with Crippen molar-refractivity contribution in [3.63, 3.8) is 0 Å². The van der Waals surface area contributed by atoms with Gasteiger partial charge in [0.25, 0.3) is 0 Å². The second-order valence-electron chi connectivity index (χ2n) is 4.80. The fraction of sp³-hybridized carbons (Fsp3) is 0.429. The molecule has 2 unspecified atom stereocenters. The molecule has 3 rings (SSSR count). The smallest absolute Gasteiger partial charge is 0.148 e. The van der Waals surface area contributed by atoms with Crippen molar-refractivity contribution < 1.29 is 0 Å². The van der Waals surface area contributed by atoms with E-state index >= 15 is 0 Å². The lowest BCUT2D eigenvalue weighted by atomic mass is 10.3. The minimum absolute atomic E-state index is 0.606. The summed E-state index contributed by atoms with van der Waals surface area (Å²) >= 11 is 0. The van der Waals surface area contributed by atoms with Gasteiger partial charge in [0, 0.05) is 6.04 Å². The first kappa shape index (κ1) is 10.5. The summed E-state index contributed by atoms with van der Waals surface area (Å²) in [6.07, 6.45) is 2.52. The van der Waals surface area contributed by atoms with Gasteiger partial charge < -0.3 is 5.32 Å². The minimum atomic E-state index is 0.606. The first-order valence-electron chi connectivity index (χ1n) is 6.28. The van der Waals surface area contributed by atoms with Crippen molar-refractivity contribution in [2.24, 2.45) is 5.92 Å². The molecule has 3 heteroatoms. The largest absolute Gasteiger partial charge is 0.366 e. The number of benzene rings is 1. The lowest BCUT2D eigenvalue weighted by molar-refractivity contribution is 0.773. The van der Waals surface area contributed by atoms with Crippen LogP contribution in [0, 0.1) is 12.8 Å². The molecule has 0 aliphatic heterocycles. The van der Waals surface area contributed by atoms with E-state index in [1.54, 1.807) is 0 Å². The molecule has 3 nitrogen and oxygen atoms in total. The third-order valence-corrected chi connectivity index (χ3v) is 3.51. The predicted molar refractivity (Wildman–Crippen MR) is 70.1 cm³/mol. The van der Waals surface area contributed by atoms with Gasteiger partial charge in [0.2, 0.25) is 0 Å². The van der Waals surface area contributed by atoms with Gasteiger partial charge in [-0.2, -0.15) is 0 Å². The van der Waals surface area contributed by atoms with E-state index in [1.807, 2.05) is 31.2 Å². The molecule has 0 radical (unpaired) electrons. The van der Waals surface area contributed by atoms with Gasteiger partial charge in [-0.15, -0.1) is 0 Å². The van der Waals surface area contributed by atoms with Crippen LogP contribution in [0.3, 0.4) is 0 Å². The first-order chi connectivity index (χ1) is 8.28. The molecule has 2 atom stereocenters. The summed E-state index contributed by atoms with van der Waals surface area (Å²) in [5.41, 5.74) is 2.93. The summed E-state index contributed by atoms with van der Waals surface area (Å²) in [5.74, 6) is 1.77. The highest BCUT2D eigenvalue weighted by molar-refractivity contribution is 5.76. The van der Waals surface area contributed by atoms with Crippen LogP contribution in [-0.2, 0) is 0 Å². The highest BCUT2D eigenvalue weighted by Crippen LogP contribution is 2.36. The maximum Gasteiger partial charge on any atom is 0.148 e. The van der Waals surface area contributed by atoms with Crippen molar-refractivity contribution >= 4 is 16.9 Å². The van der Waals surface area contributed by atoms with Gasteiger partial charge in [0.15, 0.2) is 0 Å². The van der Waals surface area contributed by atoms with Gasteiger partial charge in [-0.3, -0.25) is 0 Å². The number of fused-ring (bicyclic) bond motifs is 1. The standard InChI is InChI=1S/C14H17N3/c1-3-10-8-13(10)17-14-9(2)15-11-6-4-5-7-12(11)16-14/h4-7,10,13H,3,8H2,1-2H3,(H,16,17). The van der Waals surface area contributed by atoms with E-state index in [-0.39, 0.29) is 0 Å². The van der Waals surface area contributed by atoms with Crippen LogP contribution in [0.5, 0.6) is 0 Å². The van der Waals surface area contributed by atoms with Crippen LogP contribution in [0.4, 0.5) is 5.82 Å². The van der Waals surface area contributed by atoms with Gasteiger partial charge in [0.05, 0.1) is 16.7 Å². The van der Waals surface area contributed by atoms with Crippen molar-refractivity contribution in [1.29, 1.82) is 0 Å². The SMILES string of the molecule is CCC1CC1Nc1nc2ccccc2nc1C. The number of hydrogen-bond acceptors (Lipinski definition) is 3. The van der Waals surface area contributed by atoms with Gasteiger partial charge >= 0.3 is 0 Å². The zero-order valence-electron chi connectivity index (χ0n) is 10.3. The van der Waals surface area contributed by atoms with E-state index in [0.717, 1.165) is 28.5 Å². The van der Waals surface area contributed by atoms with E-state index in [4.69, 9.17) is 0 Å². The van der Waals surface area contributed by atoms with Crippen LogP contribution >= 0.6 is 0 Å². The zero-order chi connectivity index (χ0) is 11.8. The number of nitrogens with zero attached hydrogens (tertiary/aromatic N) is 2. The molecule has 2 aromatic rings. The molecule has 88 valence electrons. The van der Waals surface area contributed by atoms with Crippen molar-refractivity contribution in [3.05, 3.63) is 30.0 Å². The molecule has 0 spiro atoms. The Bertz CT molecular complexity index is 550. The lowest BCUT2D eigenvalue weighted by Gasteiger charge is -2.08. The second kappa shape index (κ2) is 3.99. The average Bonchev–Trinajstić information content (AvgIpc) is 3.08. The fourth-order valence-electron chi connectivity index (χ4n) is 2.28. The molecule has 0 amide bonds. The Morgan fingerprint density at radius 2 is 1.94 bits per heavy atom. The number of nitrogens with one attached hydrogen (secondary N) is 1.